The number of aromatic nitrogens is 3. The standard InChI is InChI=1S/C19H17FN6/c1-11-14(6-3-12-4-8-17(23-2)24-10-12)18(26-19(22)25-11)15-9-13(21)5-7-16(15)20/h4-5,7-10H,21H2,1-2H3,(H,23,24)(H2,22,25,26). The lowest BCUT2D eigenvalue weighted by Gasteiger charge is -2.09. The van der Waals surface area contributed by atoms with Gasteiger partial charge in [0.25, 0.3) is 0 Å². The molecule has 3 aromatic rings. The highest BCUT2D eigenvalue weighted by Gasteiger charge is 2.15. The predicted molar refractivity (Wildman–Crippen MR) is 101 cm³/mol. The number of benzene rings is 1. The molecule has 1 aromatic carbocycles. The summed E-state index contributed by atoms with van der Waals surface area (Å²) in [6, 6.07) is 7.92. The zero-order chi connectivity index (χ0) is 18.7. The van der Waals surface area contributed by atoms with Crippen molar-refractivity contribution < 1.29 is 4.39 Å². The van der Waals surface area contributed by atoms with E-state index >= 15 is 0 Å². The first-order chi connectivity index (χ1) is 12.5. The molecule has 0 amide bonds. The quantitative estimate of drug-likeness (QED) is 0.486. The van der Waals surface area contributed by atoms with E-state index in [0.29, 0.717) is 28.2 Å². The first-order valence-corrected chi connectivity index (χ1v) is 7.83. The highest BCUT2D eigenvalue weighted by molar-refractivity contribution is 5.72. The fourth-order valence-electron chi connectivity index (χ4n) is 2.41. The maximum atomic E-state index is 14.3. The van der Waals surface area contributed by atoms with Gasteiger partial charge in [-0.3, -0.25) is 0 Å². The number of pyridine rings is 1. The fraction of sp³-hybridized carbons (Fsp3) is 0.105. The third-order valence-electron chi connectivity index (χ3n) is 3.70. The molecule has 0 unspecified atom stereocenters. The van der Waals surface area contributed by atoms with E-state index in [9.17, 15) is 4.39 Å². The summed E-state index contributed by atoms with van der Waals surface area (Å²) in [4.78, 5) is 12.5. The van der Waals surface area contributed by atoms with Crippen molar-refractivity contribution in [3.8, 4) is 23.1 Å². The van der Waals surface area contributed by atoms with E-state index < -0.39 is 5.82 Å². The van der Waals surface area contributed by atoms with Gasteiger partial charge in [0, 0.05) is 30.1 Å². The molecule has 0 fully saturated rings. The molecule has 5 N–H and O–H groups in total. The molecule has 0 saturated heterocycles. The highest BCUT2D eigenvalue weighted by atomic mass is 19.1. The number of aryl methyl sites for hydroxylation is 1. The number of rotatable bonds is 2. The van der Waals surface area contributed by atoms with Crippen molar-refractivity contribution in [2.75, 3.05) is 23.8 Å². The Kier molecular flexibility index (Phi) is 4.67. The van der Waals surface area contributed by atoms with Crippen LogP contribution >= 0.6 is 0 Å². The van der Waals surface area contributed by atoms with Crippen LogP contribution in [0.3, 0.4) is 0 Å². The van der Waals surface area contributed by atoms with Crippen molar-refractivity contribution in [1.29, 1.82) is 0 Å². The SMILES string of the molecule is CNc1ccc(C#Cc2c(C)nc(N)nc2-c2cc(N)ccc2F)cn1. The Balaban J connectivity index is 2.13. The van der Waals surface area contributed by atoms with Gasteiger partial charge in [0.05, 0.1) is 17.0 Å². The molecule has 6 nitrogen and oxygen atoms in total. The van der Waals surface area contributed by atoms with Crippen LogP contribution in [0, 0.1) is 24.6 Å². The molecule has 0 saturated carbocycles. The van der Waals surface area contributed by atoms with E-state index in [1.807, 2.05) is 12.1 Å². The van der Waals surface area contributed by atoms with Crippen LogP contribution in [0.2, 0.25) is 0 Å². The molecule has 0 aliphatic rings. The number of nitrogens with zero attached hydrogens (tertiary/aromatic N) is 3. The average molecular weight is 348 g/mol. The van der Waals surface area contributed by atoms with E-state index in [-0.39, 0.29) is 11.5 Å². The van der Waals surface area contributed by atoms with Gasteiger partial charge in [0.15, 0.2) is 0 Å². The summed E-state index contributed by atoms with van der Waals surface area (Å²) in [5, 5.41) is 2.94. The third-order valence-corrected chi connectivity index (χ3v) is 3.70. The fourth-order valence-corrected chi connectivity index (χ4v) is 2.41. The first kappa shape index (κ1) is 17.2. The van der Waals surface area contributed by atoms with Crippen LogP contribution in [0.4, 0.5) is 21.8 Å². The van der Waals surface area contributed by atoms with E-state index in [1.54, 1.807) is 20.2 Å². The zero-order valence-electron chi connectivity index (χ0n) is 14.3. The Morgan fingerprint density at radius 2 is 1.88 bits per heavy atom. The van der Waals surface area contributed by atoms with E-state index in [2.05, 4.69) is 32.1 Å². The molecule has 130 valence electrons. The van der Waals surface area contributed by atoms with Crippen LogP contribution in [-0.2, 0) is 0 Å². The molecule has 26 heavy (non-hydrogen) atoms. The van der Waals surface area contributed by atoms with E-state index in [4.69, 9.17) is 11.5 Å². The number of nitrogens with two attached hydrogens (primary N) is 2. The van der Waals surface area contributed by atoms with Gasteiger partial charge in [-0.25, -0.2) is 19.3 Å². The van der Waals surface area contributed by atoms with Crippen molar-refractivity contribution in [3.05, 3.63) is 59.2 Å². The maximum absolute atomic E-state index is 14.3. The second-order valence-electron chi connectivity index (χ2n) is 5.56. The zero-order valence-corrected chi connectivity index (χ0v) is 14.3. The molecule has 7 heteroatoms. The largest absolute Gasteiger partial charge is 0.399 e. The molecule has 3 rings (SSSR count). The Bertz CT molecular complexity index is 1020. The van der Waals surface area contributed by atoms with Crippen LogP contribution in [-0.4, -0.2) is 22.0 Å². The van der Waals surface area contributed by atoms with Crippen LogP contribution in [0.5, 0.6) is 0 Å². The lowest BCUT2D eigenvalue weighted by atomic mass is 10.0. The Hall–Kier alpha value is -3.66. The third kappa shape index (κ3) is 3.54. The van der Waals surface area contributed by atoms with Gasteiger partial charge in [0.1, 0.15) is 11.6 Å². The van der Waals surface area contributed by atoms with Gasteiger partial charge >= 0.3 is 0 Å². The normalized spacial score (nSPS) is 10.1. The van der Waals surface area contributed by atoms with Gasteiger partial charge in [-0.2, -0.15) is 0 Å². The predicted octanol–water partition coefficient (Wildman–Crippen LogP) is 2.59. The van der Waals surface area contributed by atoms with Crippen molar-refractivity contribution in [2.45, 2.75) is 6.92 Å². The lowest BCUT2D eigenvalue weighted by molar-refractivity contribution is 0.631. The number of halogens is 1. The van der Waals surface area contributed by atoms with Crippen LogP contribution in [0.15, 0.2) is 36.5 Å². The van der Waals surface area contributed by atoms with Gasteiger partial charge in [-0.1, -0.05) is 11.8 Å². The number of nitrogens with one attached hydrogen (secondary N) is 1. The molecule has 2 aromatic heterocycles. The second kappa shape index (κ2) is 7.07. The summed E-state index contributed by atoms with van der Waals surface area (Å²) >= 11 is 0. The Labute approximate surface area is 150 Å². The maximum Gasteiger partial charge on any atom is 0.220 e. The molecule has 0 radical (unpaired) electrons. The molecule has 2 heterocycles. The smallest absolute Gasteiger partial charge is 0.220 e. The van der Waals surface area contributed by atoms with Gasteiger partial charge in [-0.05, 0) is 37.3 Å². The van der Waals surface area contributed by atoms with Crippen molar-refractivity contribution in [3.63, 3.8) is 0 Å². The summed E-state index contributed by atoms with van der Waals surface area (Å²) < 4.78 is 14.3. The van der Waals surface area contributed by atoms with E-state index in [0.717, 1.165) is 5.82 Å². The number of anilines is 3. The minimum absolute atomic E-state index is 0.0462. The van der Waals surface area contributed by atoms with Gasteiger partial charge in [0.2, 0.25) is 5.95 Å². The molecule has 0 bridgehead atoms. The second-order valence-corrected chi connectivity index (χ2v) is 5.56. The molecular formula is C19H17FN6. The summed E-state index contributed by atoms with van der Waals surface area (Å²) in [6.45, 7) is 1.75. The molecule has 0 atom stereocenters. The number of hydrogen-bond acceptors (Lipinski definition) is 6. The van der Waals surface area contributed by atoms with Gasteiger partial charge in [-0.15, -0.1) is 0 Å². The molecule has 0 spiro atoms. The van der Waals surface area contributed by atoms with E-state index in [1.165, 1.54) is 18.2 Å². The van der Waals surface area contributed by atoms with Crippen molar-refractivity contribution in [1.82, 2.24) is 15.0 Å². The summed E-state index contributed by atoms with van der Waals surface area (Å²) in [5.74, 6) is 6.34. The van der Waals surface area contributed by atoms with Crippen LogP contribution in [0.1, 0.15) is 16.8 Å². The number of nitrogen functional groups attached to an aromatic ring is 2. The topological polar surface area (TPSA) is 103 Å². The highest BCUT2D eigenvalue weighted by Crippen LogP contribution is 2.28. The molecular weight excluding hydrogens is 331 g/mol. The average Bonchev–Trinajstić information content (AvgIpc) is 2.63. The summed E-state index contributed by atoms with van der Waals surface area (Å²) in [6.07, 6.45) is 1.65. The molecule has 0 aliphatic carbocycles. The minimum Gasteiger partial charge on any atom is -0.399 e. The van der Waals surface area contributed by atoms with Gasteiger partial charge < -0.3 is 16.8 Å². The van der Waals surface area contributed by atoms with Crippen molar-refractivity contribution in [2.24, 2.45) is 0 Å². The van der Waals surface area contributed by atoms with Crippen LogP contribution < -0.4 is 16.8 Å². The molecule has 0 aliphatic heterocycles. The van der Waals surface area contributed by atoms with Crippen molar-refractivity contribution >= 4 is 17.5 Å². The Morgan fingerprint density at radius 3 is 2.58 bits per heavy atom. The van der Waals surface area contributed by atoms with Crippen LogP contribution in [0.25, 0.3) is 11.3 Å². The minimum atomic E-state index is -0.459. The number of hydrogen-bond donors (Lipinski definition) is 3. The lowest BCUT2D eigenvalue weighted by Crippen LogP contribution is -2.04. The Morgan fingerprint density at radius 1 is 1.08 bits per heavy atom. The first-order valence-electron chi connectivity index (χ1n) is 7.83. The monoisotopic (exact) mass is 348 g/mol. The summed E-state index contributed by atoms with van der Waals surface area (Å²) in [5.41, 5.74) is 14.3. The summed E-state index contributed by atoms with van der Waals surface area (Å²) in [7, 11) is 1.79.